The van der Waals surface area contributed by atoms with E-state index in [4.69, 9.17) is 4.98 Å². The summed E-state index contributed by atoms with van der Waals surface area (Å²) >= 11 is 1.70. The van der Waals surface area contributed by atoms with Gasteiger partial charge in [0.05, 0.1) is 5.69 Å². The second-order valence-corrected chi connectivity index (χ2v) is 6.38. The largest absolute Gasteiger partial charge is 0.358 e. The SMILES string of the molecule is CCCNCc1c(N(C)CC(C)CC)nc2sccn12. The molecule has 112 valence electrons. The van der Waals surface area contributed by atoms with Gasteiger partial charge in [0, 0.05) is 31.7 Å². The monoisotopic (exact) mass is 294 g/mol. The minimum absolute atomic E-state index is 0.691. The van der Waals surface area contributed by atoms with Crippen molar-refractivity contribution < 1.29 is 0 Å². The number of hydrogen-bond donors (Lipinski definition) is 1. The van der Waals surface area contributed by atoms with Gasteiger partial charge in [-0.15, -0.1) is 11.3 Å². The van der Waals surface area contributed by atoms with Gasteiger partial charge in [-0.05, 0) is 18.9 Å². The molecule has 0 aliphatic carbocycles. The highest BCUT2D eigenvalue weighted by molar-refractivity contribution is 7.15. The summed E-state index contributed by atoms with van der Waals surface area (Å²) in [6.07, 6.45) is 4.48. The van der Waals surface area contributed by atoms with Gasteiger partial charge in [0.2, 0.25) is 0 Å². The second kappa shape index (κ2) is 7.09. The highest BCUT2D eigenvalue weighted by Crippen LogP contribution is 2.24. The maximum Gasteiger partial charge on any atom is 0.195 e. The van der Waals surface area contributed by atoms with Crippen LogP contribution in [0.25, 0.3) is 4.96 Å². The van der Waals surface area contributed by atoms with Gasteiger partial charge >= 0.3 is 0 Å². The van der Waals surface area contributed by atoms with E-state index in [1.54, 1.807) is 11.3 Å². The zero-order valence-corrected chi connectivity index (χ0v) is 13.8. The molecule has 0 fully saturated rings. The van der Waals surface area contributed by atoms with Crippen LogP contribution in [-0.2, 0) is 6.54 Å². The van der Waals surface area contributed by atoms with Crippen LogP contribution in [0.15, 0.2) is 11.6 Å². The number of hydrogen-bond acceptors (Lipinski definition) is 4. The van der Waals surface area contributed by atoms with Crippen LogP contribution in [0, 0.1) is 5.92 Å². The maximum atomic E-state index is 4.81. The zero-order chi connectivity index (χ0) is 14.5. The first-order chi connectivity index (χ1) is 9.67. The van der Waals surface area contributed by atoms with Crippen molar-refractivity contribution in [3.05, 3.63) is 17.3 Å². The van der Waals surface area contributed by atoms with Gasteiger partial charge in [-0.25, -0.2) is 4.98 Å². The van der Waals surface area contributed by atoms with Crippen molar-refractivity contribution in [3.8, 4) is 0 Å². The predicted octanol–water partition coefficient (Wildman–Crippen LogP) is 3.38. The summed E-state index contributed by atoms with van der Waals surface area (Å²) in [5.41, 5.74) is 1.28. The molecule has 1 unspecified atom stereocenters. The molecule has 0 saturated carbocycles. The first-order valence-corrected chi connectivity index (χ1v) is 8.41. The van der Waals surface area contributed by atoms with E-state index in [9.17, 15) is 0 Å². The first-order valence-electron chi connectivity index (χ1n) is 7.53. The van der Waals surface area contributed by atoms with E-state index in [0.29, 0.717) is 5.92 Å². The topological polar surface area (TPSA) is 32.6 Å². The van der Waals surface area contributed by atoms with E-state index in [0.717, 1.165) is 36.8 Å². The van der Waals surface area contributed by atoms with Crippen LogP contribution in [0.2, 0.25) is 0 Å². The third kappa shape index (κ3) is 3.33. The Balaban J connectivity index is 2.21. The van der Waals surface area contributed by atoms with Crippen LogP contribution in [0.4, 0.5) is 5.82 Å². The van der Waals surface area contributed by atoms with Gasteiger partial charge in [0.1, 0.15) is 0 Å². The molecule has 2 heterocycles. The highest BCUT2D eigenvalue weighted by Gasteiger charge is 2.17. The van der Waals surface area contributed by atoms with E-state index < -0.39 is 0 Å². The fraction of sp³-hybridized carbons (Fsp3) is 0.667. The average Bonchev–Trinajstić information content (AvgIpc) is 3.00. The van der Waals surface area contributed by atoms with Crippen LogP contribution in [0.5, 0.6) is 0 Å². The molecule has 0 radical (unpaired) electrons. The molecule has 5 heteroatoms. The zero-order valence-electron chi connectivity index (χ0n) is 13.0. The minimum atomic E-state index is 0.691. The normalized spacial score (nSPS) is 13.0. The van der Waals surface area contributed by atoms with E-state index in [-0.39, 0.29) is 0 Å². The Hall–Kier alpha value is -1.07. The molecule has 0 bridgehead atoms. The lowest BCUT2D eigenvalue weighted by Gasteiger charge is -2.22. The van der Waals surface area contributed by atoms with Gasteiger partial charge < -0.3 is 10.2 Å². The van der Waals surface area contributed by atoms with Crippen molar-refractivity contribution in [1.82, 2.24) is 14.7 Å². The van der Waals surface area contributed by atoms with Crippen molar-refractivity contribution >= 4 is 22.1 Å². The number of imidazole rings is 1. The molecular formula is C15H26N4S. The van der Waals surface area contributed by atoms with E-state index >= 15 is 0 Å². The molecule has 0 aliphatic heterocycles. The van der Waals surface area contributed by atoms with Crippen LogP contribution in [-0.4, -0.2) is 29.5 Å². The van der Waals surface area contributed by atoms with E-state index in [1.807, 2.05) is 0 Å². The third-order valence-corrected chi connectivity index (χ3v) is 4.46. The molecule has 2 aromatic rings. The fourth-order valence-corrected chi connectivity index (χ4v) is 3.09. The van der Waals surface area contributed by atoms with E-state index in [1.165, 1.54) is 12.1 Å². The number of anilines is 1. The summed E-state index contributed by atoms with van der Waals surface area (Å²) in [6, 6.07) is 0. The van der Waals surface area contributed by atoms with Gasteiger partial charge in [-0.3, -0.25) is 4.40 Å². The lowest BCUT2D eigenvalue weighted by molar-refractivity contribution is 0.556. The molecule has 1 N–H and O–H groups in total. The summed E-state index contributed by atoms with van der Waals surface area (Å²) in [5.74, 6) is 1.82. The predicted molar refractivity (Wildman–Crippen MR) is 87.8 cm³/mol. The molecule has 0 aliphatic rings. The third-order valence-electron chi connectivity index (χ3n) is 3.70. The van der Waals surface area contributed by atoms with Crippen molar-refractivity contribution in [2.45, 2.75) is 40.2 Å². The number of thiazole rings is 1. The average molecular weight is 294 g/mol. The van der Waals surface area contributed by atoms with Crippen molar-refractivity contribution in [3.63, 3.8) is 0 Å². The lowest BCUT2D eigenvalue weighted by Crippen LogP contribution is -2.26. The van der Waals surface area contributed by atoms with E-state index in [2.05, 4.69) is 54.0 Å². The summed E-state index contributed by atoms with van der Waals surface area (Å²) in [4.78, 5) is 8.20. The fourth-order valence-electron chi connectivity index (χ4n) is 2.36. The summed E-state index contributed by atoms with van der Waals surface area (Å²) in [5, 5.41) is 5.60. The van der Waals surface area contributed by atoms with Crippen LogP contribution in [0.3, 0.4) is 0 Å². The van der Waals surface area contributed by atoms with Crippen molar-refractivity contribution in [2.75, 3.05) is 25.0 Å². The number of aromatic nitrogens is 2. The lowest BCUT2D eigenvalue weighted by atomic mass is 10.1. The molecule has 1 atom stereocenters. The summed E-state index contributed by atoms with van der Waals surface area (Å²) < 4.78 is 2.22. The first kappa shape index (κ1) is 15.3. The molecule has 0 amide bonds. The number of nitrogens with zero attached hydrogens (tertiary/aromatic N) is 3. The molecule has 2 aromatic heterocycles. The highest BCUT2D eigenvalue weighted by atomic mass is 32.1. The number of rotatable bonds is 8. The Labute approximate surface area is 125 Å². The van der Waals surface area contributed by atoms with Gasteiger partial charge in [-0.1, -0.05) is 27.2 Å². The molecule has 20 heavy (non-hydrogen) atoms. The van der Waals surface area contributed by atoms with Gasteiger partial charge in [0.15, 0.2) is 10.8 Å². The second-order valence-electron chi connectivity index (χ2n) is 5.51. The molecule has 0 saturated heterocycles. The minimum Gasteiger partial charge on any atom is -0.358 e. The van der Waals surface area contributed by atoms with Crippen molar-refractivity contribution in [2.24, 2.45) is 5.92 Å². The smallest absolute Gasteiger partial charge is 0.195 e. The number of nitrogens with one attached hydrogen (secondary N) is 1. The quantitative estimate of drug-likeness (QED) is 0.758. The molecule has 4 nitrogen and oxygen atoms in total. The number of fused-ring (bicyclic) bond motifs is 1. The molecule has 2 rings (SSSR count). The Morgan fingerprint density at radius 1 is 1.45 bits per heavy atom. The maximum absolute atomic E-state index is 4.81. The Morgan fingerprint density at radius 2 is 2.25 bits per heavy atom. The van der Waals surface area contributed by atoms with Gasteiger partial charge in [-0.2, -0.15) is 0 Å². The van der Waals surface area contributed by atoms with Crippen molar-refractivity contribution in [1.29, 1.82) is 0 Å². The molecular weight excluding hydrogens is 268 g/mol. The Kier molecular flexibility index (Phi) is 5.43. The molecule has 0 spiro atoms. The summed E-state index contributed by atoms with van der Waals surface area (Å²) in [7, 11) is 2.15. The molecule has 0 aromatic carbocycles. The summed E-state index contributed by atoms with van der Waals surface area (Å²) in [6.45, 7) is 9.72. The Morgan fingerprint density at radius 3 is 2.95 bits per heavy atom. The van der Waals surface area contributed by atoms with Crippen LogP contribution >= 0.6 is 11.3 Å². The van der Waals surface area contributed by atoms with Crippen LogP contribution in [0.1, 0.15) is 39.3 Å². The van der Waals surface area contributed by atoms with Gasteiger partial charge in [0.25, 0.3) is 0 Å². The standard InChI is InChI=1S/C15H26N4S/c1-5-7-16-10-13-14(18(4)11-12(3)6-2)17-15-19(13)8-9-20-15/h8-9,12,16H,5-7,10-11H2,1-4H3. The Bertz CT molecular complexity index is 531. The van der Waals surface area contributed by atoms with Crippen LogP contribution < -0.4 is 10.2 Å².